The molecule has 0 radical (unpaired) electrons. The van der Waals surface area contributed by atoms with Crippen LogP contribution < -0.4 is 20.1 Å². The molecule has 2 aromatic rings. The van der Waals surface area contributed by atoms with Gasteiger partial charge in [0, 0.05) is 5.69 Å². The van der Waals surface area contributed by atoms with Crippen molar-refractivity contribution < 1.29 is 14.3 Å². The lowest BCUT2D eigenvalue weighted by molar-refractivity contribution is 0.171. The SMILES string of the molecule is CC(C)c1ccc(NC(=O)NC(C)(C)c2ccc3c(c2)OCCO3)cc1. The second-order valence-corrected chi connectivity index (χ2v) is 7.34. The van der Waals surface area contributed by atoms with Crippen LogP contribution in [-0.2, 0) is 5.54 Å². The first kappa shape index (κ1) is 18.1. The molecule has 5 nitrogen and oxygen atoms in total. The first-order valence-electron chi connectivity index (χ1n) is 8.94. The van der Waals surface area contributed by atoms with Crippen LogP contribution in [0.4, 0.5) is 10.5 Å². The second-order valence-electron chi connectivity index (χ2n) is 7.34. The van der Waals surface area contributed by atoms with Gasteiger partial charge in [-0.3, -0.25) is 0 Å². The molecule has 0 aliphatic carbocycles. The van der Waals surface area contributed by atoms with Crippen molar-refractivity contribution in [2.24, 2.45) is 0 Å². The number of carbonyl (C=O) groups excluding carboxylic acids is 1. The van der Waals surface area contributed by atoms with Crippen LogP contribution in [0.15, 0.2) is 42.5 Å². The summed E-state index contributed by atoms with van der Waals surface area (Å²) in [6, 6.07) is 13.4. The van der Waals surface area contributed by atoms with Crippen molar-refractivity contribution in [3.63, 3.8) is 0 Å². The van der Waals surface area contributed by atoms with E-state index < -0.39 is 5.54 Å². The molecule has 5 heteroatoms. The number of ether oxygens (including phenoxy) is 2. The Morgan fingerprint density at radius 2 is 1.65 bits per heavy atom. The normalized spacial score (nSPS) is 13.4. The van der Waals surface area contributed by atoms with E-state index in [9.17, 15) is 4.79 Å². The maximum Gasteiger partial charge on any atom is 0.319 e. The average Bonchev–Trinajstić information content (AvgIpc) is 2.61. The lowest BCUT2D eigenvalue weighted by Crippen LogP contribution is -2.43. The highest BCUT2D eigenvalue weighted by Gasteiger charge is 2.25. The Balaban J connectivity index is 1.67. The van der Waals surface area contributed by atoms with Crippen LogP contribution in [0, 0.1) is 0 Å². The fourth-order valence-corrected chi connectivity index (χ4v) is 2.90. The lowest BCUT2D eigenvalue weighted by Gasteiger charge is -2.28. The summed E-state index contributed by atoms with van der Waals surface area (Å²) in [7, 11) is 0. The first-order chi connectivity index (χ1) is 12.3. The number of fused-ring (bicyclic) bond motifs is 1. The van der Waals surface area contributed by atoms with Crippen LogP contribution in [-0.4, -0.2) is 19.2 Å². The molecule has 2 aromatic carbocycles. The van der Waals surface area contributed by atoms with Crippen molar-refractivity contribution in [2.45, 2.75) is 39.2 Å². The molecule has 0 atom stereocenters. The van der Waals surface area contributed by atoms with Gasteiger partial charge in [0.1, 0.15) is 13.2 Å². The fraction of sp³-hybridized carbons (Fsp3) is 0.381. The van der Waals surface area contributed by atoms with E-state index in [4.69, 9.17) is 9.47 Å². The van der Waals surface area contributed by atoms with Crippen molar-refractivity contribution in [3.05, 3.63) is 53.6 Å². The van der Waals surface area contributed by atoms with Gasteiger partial charge in [-0.15, -0.1) is 0 Å². The Bertz CT molecular complexity index is 782. The van der Waals surface area contributed by atoms with Gasteiger partial charge in [-0.25, -0.2) is 4.79 Å². The quantitative estimate of drug-likeness (QED) is 0.841. The van der Waals surface area contributed by atoms with Gasteiger partial charge in [0.25, 0.3) is 0 Å². The van der Waals surface area contributed by atoms with E-state index >= 15 is 0 Å². The molecule has 1 aliphatic rings. The third kappa shape index (κ3) is 4.10. The molecule has 0 saturated carbocycles. The van der Waals surface area contributed by atoms with Crippen molar-refractivity contribution in [3.8, 4) is 11.5 Å². The standard InChI is InChI=1S/C21H26N2O3/c1-14(2)15-5-8-17(9-6-15)22-20(24)23-21(3,4)16-7-10-18-19(13-16)26-12-11-25-18/h5-10,13-14H,11-12H2,1-4H3,(H2,22,23,24). The molecule has 0 fully saturated rings. The van der Waals surface area contributed by atoms with E-state index in [1.54, 1.807) is 0 Å². The van der Waals surface area contributed by atoms with Crippen LogP contribution in [0.5, 0.6) is 11.5 Å². The van der Waals surface area contributed by atoms with Gasteiger partial charge in [-0.2, -0.15) is 0 Å². The maximum absolute atomic E-state index is 12.4. The topological polar surface area (TPSA) is 59.6 Å². The fourth-order valence-electron chi connectivity index (χ4n) is 2.90. The third-order valence-electron chi connectivity index (χ3n) is 4.53. The second kappa shape index (κ2) is 7.28. The zero-order valence-electron chi connectivity index (χ0n) is 15.8. The van der Waals surface area contributed by atoms with Gasteiger partial charge in [0.05, 0.1) is 5.54 Å². The molecule has 1 aliphatic heterocycles. The molecule has 0 spiro atoms. The molecule has 3 rings (SSSR count). The van der Waals surface area contributed by atoms with E-state index in [2.05, 4.69) is 24.5 Å². The number of benzene rings is 2. The number of hydrogen-bond donors (Lipinski definition) is 2. The summed E-state index contributed by atoms with van der Waals surface area (Å²) in [5, 5.41) is 5.91. The van der Waals surface area contributed by atoms with Crippen molar-refractivity contribution in [2.75, 3.05) is 18.5 Å². The van der Waals surface area contributed by atoms with Crippen molar-refractivity contribution in [1.29, 1.82) is 0 Å². The highest BCUT2D eigenvalue weighted by atomic mass is 16.6. The van der Waals surface area contributed by atoms with Crippen molar-refractivity contribution >= 4 is 11.7 Å². The lowest BCUT2D eigenvalue weighted by atomic mass is 9.94. The monoisotopic (exact) mass is 354 g/mol. The van der Waals surface area contributed by atoms with Crippen molar-refractivity contribution in [1.82, 2.24) is 5.32 Å². The highest BCUT2D eigenvalue weighted by Crippen LogP contribution is 2.34. The summed E-state index contributed by atoms with van der Waals surface area (Å²) in [6.45, 7) is 9.30. The zero-order valence-corrected chi connectivity index (χ0v) is 15.8. The molecule has 2 amide bonds. The van der Waals surface area contributed by atoms with E-state index in [1.165, 1.54) is 5.56 Å². The molecule has 2 N–H and O–H groups in total. The van der Waals surface area contributed by atoms with Gasteiger partial charge in [-0.1, -0.05) is 32.0 Å². The predicted octanol–water partition coefficient (Wildman–Crippen LogP) is 4.64. The maximum atomic E-state index is 12.4. The van der Waals surface area contributed by atoms with Crippen LogP contribution in [0.1, 0.15) is 44.7 Å². The van der Waals surface area contributed by atoms with E-state index in [0.29, 0.717) is 24.9 Å². The highest BCUT2D eigenvalue weighted by molar-refractivity contribution is 5.89. The van der Waals surface area contributed by atoms with Gasteiger partial charge in [0.15, 0.2) is 11.5 Å². The summed E-state index contributed by atoms with van der Waals surface area (Å²) < 4.78 is 11.2. The zero-order chi connectivity index (χ0) is 18.7. The van der Waals surface area contributed by atoms with Crippen LogP contribution in [0.25, 0.3) is 0 Å². The molecule has 0 aromatic heterocycles. The molecule has 1 heterocycles. The molecule has 0 unspecified atom stereocenters. The largest absolute Gasteiger partial charge is 0.486 e. The summed E-state index contributed by atoms with van der Waals surface area (Å²) >= 11 is 0. The average molecular weight is 354 g/mol. The van der Waals surface area contributed by atoms with Crippen LogP contribution >= 0.6 is 0 Å². The van der Waals surface area contributed by atoms with Crippen LogP contribution in [0.3, 0.4) is 0 Å². The molecular formula is C21H26N2O3. The van der Waals surface area contributed by atoms with E-state index in [1.807, 2.05) is 56.3 Å². The van der Waals surface area contributed by atoms with Gasteiger partial charge in [-0.05, 0) is 55.2 Å². The number of nitrogens with one attached hydrogen (secondary N) is 2. The Kier molecular flexibility index (Phi) is 5.07. The van der Waals surface area contributed by atoms with Crippen LogP contribution in [0.2, 0.25) is 0 Å². The number of urea groups is 1. The summed E-state index contributed by atoms with van der Waals surface area (Å²) in [4.78, 5) is 12.4. The molecule has 138 valence electrons. The number of rotatable bonds is 4. The van der Waals surface area contributed by atoms with Gasteiger partial charge in [0.2, 0.25) is 0 Å². The number of carbonyl (C=O) groups is 1. The van der Waals surface area contributed by atoms with Gasteiger partial charge >= 0.3 is 6.03 Å². The van der Waals surface area contributed by atoms with E-state index in [-0.39, 0.29) is 6.03 Å². The Labute approximate surface area is 154 Å². The first-order valence-corrected chi connectivity index (χ1v) is 8.94. The predicted molar refractivity (Wildman–Crippen MR) is 103 cm³/mol. The number of amides is 2. The minimum Gasteiger partial charge on any atom is -0.486 e. The minimum absolute atomic E-state index is 0.248. The summed E-state index contributed by atoms with van der Waals surface area (Å²) in [5.41, 5.74) is 2.40. The van der Waals surface area contributed by atoms with Gasteiger partial charge < -0.3 is 20.1 Å². The summed E-state index contributed by atoms with van der Waals surface area (Å²) in [6.07, 6.45) is 0. The Hall–Kier alpha value is -2.69. The third-order valence-corrected chi connectivity index (χ3v) is 4.53. The Morgan fingerprint density at radius 3 is 2.31 bits per heavy atom. The molecule has 0 saturated heterocycles. The summed E-state index contributed by atoms with van der Waals surface area (Å²) in [5.74, 6) is 1.92. The number of anilines is 1. The van der Waals surface area contributed by atoms with E-state index in [0.717, 1.165) is 17.0 Å². The Morgan fingerprint density at radius 1 is 1.00 bits per heavy atom. The minimum atomic E-state index is -0.558. The molecular weight excluding hydrogens is 328 g/mol. The molecule has 0 bridgehead atoms. The smallest absolute Gasteiger partial charge is 0.319 e. The number of hydrogen-bond acceptors (Lipinski definition) is 3. The molecule has 26 heavy (non-hydrogen) atoms.